The van der Waals surface area contributed by atoms with Crippen LogP contribution in [0.3, 0.4) is 0 Å². The number of aromatic amines is 1. The molecule has 0 aliphatic rings. The molecule has 12 heteroatoms. The Morgan fingerprint density at radius 1 is 1.18 bits per heavy atom. The lowest BCUT2D eigenvalue weighted by atomic mass is 10.2. The van der Waals surface area contributed by atoms with Crippen LogP contribution in [-0.2, 0) is 0 Å². The first-order valence-electron chi connectivity index (χ1n) is 10.1. The maximum absolute atomic E-state index is 12.7. The van der Waals surface area contributed by atoms with E-state index in [1.54, 1.807) is 19.1 Å². The summed E-state index contributed by atoms with van der Waals surface area (Å²) in [5, 5.41) is 15.9. The van der Waals surface area contributed by atoms with E-state index in [-0.39, 0.29) is 17.3 Å². The van der Waals surface area contributed by atoms with Gasteiger partial charge in [-0.3, -0.25) is 14.6 Å². The summed E-state index contributed by atoms with van der Waals surface area (Å²) < 4.78 is 17.7. The molecule has 12 nitrogen and oxygen atoms in total. The molecule has 0 saturated heterocycles. The molecule has 0 saturated carbocycles. The number of ether oxygens (including phenoxy) is 3. The smallest absolute Gasteiger partial charge is 0.290 e. The molecule has 2 heterocycles. The topological polar surface area (TPSA) is 146 Å². The number of nitrogens with one attached hydrogen (secondary N) is 2. The Morgan fingerprint density at radius 3 is 2.48 bits per heavy atom. The number of nitrogens with zero attached hydrogens (tertiary/aromatic N) is 5. The summed E-state index contributed by atoms with van der Waals surface area (Å²) >= 11 is 0. The van der Waals surface area contributed by atoms with Gasteiger partial charge in [0.1, 0.15) is 11.4 Å². The van der Waals surface area contributed by atoms with Crippen LogP contribution in [0.25, 0.3) is 5.95 Å². The predicted octanol–water partition coefficient (Wildman–Crippen LogP) is 1.54. The minimum atomic E-state index is -0.558. The van der Waals surface area contributed by atoms with Crippen LogP contribution < -0.4 is 25.2 Å². The third kappa shape index (κ3) is 5.34. The van der Waals surface area contributed by atoms with Crippen LogP contribution in [0.2, 0.25) is 0 Å². The van der Waals surface area contributed by atoms with E-state index < -0.39 is 11.5 Å². The summed E-state index contributed by atoms with van der Waals surface area (Å²) in [4.78, 5) is 27.1. The Labute approximate surface area is 189 Å². The van der Waals surface area contributed by atoms with Crippen molar-refractivity contribution in [3.05, 3.63) is 51.2 Å². The van der Waals surface area contributed by atoms with Crippen LogP contribution in [-0.4, -0.2) is 57.9 Å². The molecular weight excluding hydrogens is 430 g/mol. The summed E-state index contributed by atoms with van der Waals surface area (Å²) in [6, 6.07) is 4.96. The second-order valence-corrected chi connectivity index (χ2v) is 6.95. The number of amides is 1. The molecule has 0 atom stereocenters. The van der Waals surface area contributed by atoms with E-state index in [1.165, 1.54) is 38.1 Å². The molecule has 0 spiro atoms. The summed E-state index contributed by atoms with van der Waals surface area (Å²) in [5.74, 6) is 0.912. The second-order valence-electron chi connectivity index (χ2n) is 6.95. The average Bonchev–Trinajstić information content (AvgIpc) is 3.21. The number of aryl methyl sites for hydroxylation is 2. The number of benzene rings is 1. The van der Waals surface area contributed by atoms with Gasteiger partial charge in [0.2, 0.25) is 5.75 Å². The number of methoxy groups -OCH3 is 2. The largest absolute Gasteiger partial charge is 0.493 e. The molecule has 0 aliphatic heterocycles. The lowest BCUT2D eigenvalue weighted by Gasteiger charge is -2.14. The van der Waals surface area contributed by atoms with Gasteiger partial charge in [-0.25, -0.2) is 5.43 Å². The number of carbonyl (C=O) groups excluding carboxylic acids is 1. The van der Waals surface area contributed by atoms with E-state index in [4.69, 9.17) is 14.2 Å². The Bertz CT molecular complexity index is 1210. The van der Waals surface area contributed by atoms with Gasteiger partial charge in [0.25, 0.3) is 17.4 Å². The molecule has 3 aromatic rings. The van der Waals surface area contributed by atoms with Crippen molar-refractivity contribution in [3.8, 4) is 23.2 Å². The number of carbonyl (C=O) groups is 1. The zero-order chi connectivity index (χ0) is 24.0. The van der Waals surface area contributed by atoms with Crippen molar-refractivity contribution in [2.24, 2.45) is 5.10 Å². The fraction of sp³-hybridized carbons (Fsp3) is 0.333. The Morgan fingerprint density at radius 2 is 1.88 bits per heavy atom. The number of hydrogen-bond acceptors (Lipinski definition) is 9. The normalized spacial score (nSPS) is 10.9. The van der Waals surface area contributed by atoms with Gasteiger partial charge in [-0.05, 0) is 38.5 Å². The molecule has 2 N–H and O–H groups in total. The van der Waals surface area contributed by atoms with E-state index in [1.807, 2.05) is 6.92 Å². The quantitative estimate of drug-likeness (QED) is 0.365. The first-order chi connectivity index (χ1) is 15.9. The molecule has 3 rings (SSSR count). The van der Waals surface area contributed by atoms with Gasteiger partial charge in [-0.2, -0.15) is 14.9 Å². The Hall–Kier alpha value is -4.22. The Kier molecular flexibility index (Phi) is 7.38. The standard InChI is InChI=1S/C21H25N7O5/c1-6-7-33-18-16(31-4)9-14(10-17(18)32-5)11-22-25-20(30)15-8-12(2)27-28(15)21-23-19(29)13(3)24-26-21/h8-11H,6-7H2,1-5H3,(H,25,30)(H,23,26,29)/b22-11-. The summed E-state index contributed by atoms with van der Waals surface area (Å²) in [7, 11) is 3.05. The van der Waals surface area contributed by atoms with E-state index in [0.717, 1.165) is 6.42 Å². The van der Waals surface area contributed by atoms with E-state index in [2.05, 4.69) is 30.8 Å². The molecule has 1 aromatic carbocycles. The number of rotatable bonds is 9. The third-order valence-corrected chi connectivity index (χ3v) is 4.43. The van der Waals surface area contributed by atoms with Crippen molar-refractivity contribution in [1.29, 1.82) is 0 Å². The zero-order valence-corrected chi connectivity index (χ0v) is 19.0. The lowest BCUT2D eigenvalue weighted by molar-refractivity contribution is 0.0947. The summed E-state index contributed by atoms with van der Waals surface area (Å²) in [6.07, 6.45) is 2.27. The van der Waals surface area contributed by atoms with E-state index >= 15 is 0 Å². The fourth-order valence-corrected chi connectivity index (χ4v) is 2.85. The summed E-state index contributed by atoms with van der Waals surface area (Å²) in [6.45, 7) is 5.74. The molecule has 0 radical (unpaired) electrons. The molecule has 1 amide bonds. The molecule has 0 fully saturated rings. The van der Waals surface area contributed by atoms with E-state index in [0.29, 0.717) is 35.1 Å². The van der Waals surface area contributed by atoms with Crippen LogP contribution in [0, 0.1) is 13.8 Å². The van der Waals surface area contributed by atoms with Gasteiger partial charge in [-0.1, -0.05) is 6.92 Å². The fourth-order valence-electron chi connectivity index (χ4n) is 2.85. The van der Waals surface area contributed by atoms with Gasteiger partial charge in [0.05, 0.1) is 32.7 Å². The molecule has 0 bridgehead atoms. The molecule has 33 heavy (non-hydrogen) atoms. The van der Waals surface area contributed by atoms with Crippen molar-refractivity contribution < 1.29 is 19.0 Å². The number of H-pyrrole nitrogens is 1. The van der Waals surface area contributed by atoms with Gasteiger partial charge in [0, 0.05) is 5.56 Å². The first-order valence-corrected chi connectivity index (χ1v) is 10.1. The van der Waals surface area contributed by atoms with Crippen LogP contribution in [0.15, 0.2) is 28.1 Å². The monoisotopic (exact) mass is 455 g/mol. The van der Waals surface area contributed by atoms with Crippen LogP contribution >= 0.6 is 0 Å². The van der Waals surface area contributed by atoms with Crippen LogP contribution in [0.4, 0.5) is 0 Å². The number of hydrogen-bond donors (Lipinski definition) is 2. The van der Waals surface area contributed by atoms with Gasteiger partial charge < -0.3 is 14.2 Å². The number of hydrazone groups is 1. The van der Waals surface area contributed by atoms with Crippen molar-refractivity contribution >= 4 is 12.1 Å². The van der Waals surface area contributed by atoms with Crippen molar-refractivity contribution in [2.45, 2.75) is 27.2 Å². The third-order valence-electron chi connectivity index (χ3n) is 4.43. The number of aromatic nitrogens is 5. The van der Waals surface area contributed by atoms with Crippen LogP contribution in [0.1, 0.15) is 40.8 Å². The molecule has 0 aliphatic carbocycles. The molecule has 174 valence electrons. The highest BCUT2D eigenvalue weighted by Gasteiger charge is 2.18. The minimum Gasteiger partial charge on any atom is -0.493 e. The molecular formula is C21H25N7O5. The molecule has 0 unspecified atom stereocenters. The molecule has 2 aromatic heterocycles. The zero-order valence-electron chi connectivity index (χ0n) is 19.0. The highest BCUT2D eigenvalue weighted by atomic mass is 16.5. The SMILES string of the molecule is CCCOc1c(OC)cc(/C=N\NC(=O)c2cc(C)nn2-c2nnc(C)c(=O)[nH]2)cc1OC. The Balaban J connectivity index is 1.82. The lowest BCUT2D eigenvalue weighted by Crippen LogP contribution is -2.24. The maximum atomic E-state index is 12.7. The summed E-state index contributed by atoms with van der Waals surface area (Å²) in [5.41, 5.74) is 3.50. The van der Waals surface area contributed by atoms with Crippen molar-refractivity contribution in [2.75, 3.05) is 20.8 Å². The van der Waals surface area contributed by atoms with Crippen molar-refractivity contribution in [1.82, 2.24) is 30.4 Å². The van der Waals surface area contributed by atoms with Crippen molar-refractivity contribution in [3.63, 3.8) is 0 Å². The average molecular weight is 455 g/mol. The first kappa shape index (κ1) is 23.4. The van der Waals surface area contributed by atoms with Gasteiger partial charge in [-0.15, -0.1) is 10.2 Å². The minimum absolute atomic E-state index is 0.0185. The van der Waals surface area contributed by atoms with E-state index in [9.17, 15) is 9.59 Å². The highest BCUT2D eigenvalue weighted by Crippen LogP contribution is 2.38. The maximum Gasteiger partial charge on any atom is 0.290 e. The second kappa shape index (κ2) is 10.4. The van der Waals surface area contributed by atoms with Gasteiger partial charge in [0.15, 0.2) is 11.5 Å². The highest BCUT2D eigenvalue weighted by molar-refractivity contribution is 5.94. The van der Waals surface area contributed by atoms with Gasteiger partial charge >= 0.3 is 0 Å². The predicted molar refractivity (Wildman–Crippen MR) is 120 cm³/mol. The van der Waals surface area contributed by atoms with Crippen LogP contribution in [0.5, 0.6) is 17.2 Å².